The lowest BCUT2D eigenvalue weighted by Crippen LogP contribution is -2.35. The van der Waals surface area contributed by atoms with Crippen LogP contribution in [0.1, 0.15) is 41.6 Å². The summed E-state index contributed by atoms with van der Waals surface area (Å²) >= 11 is 0. The maximum atomic E-state index is 13.8. The first-order valence-corrected chi connectivity index (χ1v) is 13.2. The molecule has 4 aromatic heterocycles. The fraction of sp³-hybridized carbons (Fsp3) is 0.321. The number of benzene rings is 1. The fourth-order valence-electron chi connectivity index (χ4n) is 5.40. The third kappa shape index (κ3) is 4.82. The van der Waals surface area contributed by atoms with E-state index in [0.29, 0.717) is 48.0 Å². The first kappa shape index (κ1) is 24.5. The van der Waals surface area contributed by atoms with Gasteiger partial charge in [0.25, 0.3) is 5.56 Å². The molecule has 40 heavy (non-hydrogen) atoms. The van der Waals surface area contributed by atoms with E-state index < -0.39 is 6.04 Å². The number of tetrazole rings is 1. The second-order valence-corrected chi connectivity index (χ2v) is 9.95. The van der Waals surface area contributed by atoms with Crippen LogP contribution >= 0.6 is 0 Å². The van der Waals surface area contributed by atoms with Gasteiger partial charge in [0.2, 0.25) is 6.79 Å². The molecule has 1 fully saturated rings. The number of pyridine rings is 2. The highest BCUT2D eigenvalue weighted by molar-refractivity contribution is 5.83. The second-order valence-electron chi connectivity index (χ2n) is 9.95. The Morgan fingerprint density at radius 1 is 1.12 bits per heavy atom. The predicted molar refractivity (Wildman–Crippen MR) is 142 cm³/mol. The summed E-state index contributed by atoms with van der Waals surface area (Å²) in [7, 11) is 0. The minimum Gasteiger partial charge on any atom is -0.468 e. The summed E-state index contributed by atoms with van der Waals surface area (Å²) in [5.74, 6) is 2.52. The third-order valence-corrected chi connectivity index (χ3v) is 7.28. The van der Waals surface area contributed by atoms with Crippen molar-refractivity contribution in [2.75, 3.05) is 13.4 Å². The molecule has 0 radical (unpaired) electrons. The van der Waals surface area contributed by atoms with Gasteiger partial charge in [0, 0.05) is 42.6 Å². The van der Waals surface area contributed by atoms with Crippen LogP contribution in [0.4, 0.5) is 0 Å². The van der Waals surface area contributed by atoms with Crippen LogP contribution < -0.4 is 15.0 Å². The normalized spacial score (nSPS) is 17.2. The highest BCUT2D eigenvalue weighted by Gasteiger charge is 2.33. The molecule has 1 aromatic carbocycles. The number of hydrogen-bond acceptors (Lipinski definition) is 10. The summed E-state index contributed by atoms with van der Waals surface area (Å²) in [6, 6.07) is 12.6. The maximum Gasteiger partial charge on any atom is 0.253 e. The second kappa shape index (κ2) is 10.5. The van der Waals surface area contributed by atoms with E-state index in [4.69, 9.17) is 18.6 Å². The monoisotopic (exact) mass is 541 g/mol. The lowest BCUT2D eigenvalue weighted by molar-refractivity contribution is 0.0901. The van der Waals surface area contributed by atoms with Crippen LogP contribution in [0.25, 0.3) is 10.9 Å². The number of aromatic nitrogens is 6. The highest BCUT2D eigenvalue weighted by atomic mass is 16.7. The smallest absolute Gasteiger partial charge is 0.253 e. The van der Waals surface area contributed by atoms with E-state index in [1.165, 1.54) is 0 Å². The number of aromatic amines is 1. The van der Waals surface area contributed by atoms with Crippen molar-refractivity contribution in [3.05, 3.63) is 94.2 Å². The van der Waals surface area contributed by atoms with Gasteiger partial charge in [-0.25, -0.2) is 4.68 Å². The van der Waals surface area contributed by atoms with Gasteiger partial charge >= 0.3 is 0 Å². The molecule has 0 unspecified atom stereocenters. The Kier molecular flexibility index (Phi) is 6.46. The molecule has 12 nitrogen and oxygen atoms in total. The molecule has 1 saturated heterocycles. The lowest BCUT2D eigenvalue weighted by Gasteiger charge is -2.30. The summed E-state index contributed by atoms with van der Waals surface area (Å²) in [4.78, 5) is 23.3. The van der Waals surface area contributed by atoms with E-state index in [-0.39, 0.29) is 18.5 Å². The zero-order valence-electron chi connectivity index (χ0n) is 21.6. The fourth-order valence-corrected chi connectivity index (χ4v) is 5.40. The van der Waals surface area contributed by atoms with E-state index in [0.717, 1.165) is 36.2 Å². The number of nitrogens with zero attached hydrogens (tertiary/aromatic N) is 6. The maximum absolute atomic E-state index is 13.8. The number of furan rings is 1. The molecule has 7 rings (SSSR count). The Balaban J connectivity index is 1.38. The van der Waals surface area contributed by atoms with Crippen molar-refractivity contribution in [3.8, 4) is 11.5 Å². The van der Waals surface area contributed by atoms with Crippen LogP contribution in [0.3, 0.4) is 0 Å². The topological polar surface area (TPSA) is 133 Å². The Labute approximate surface area is 228 Å². The first-order valence-electron chi connectivity index (χ1n) is 13.2. The zero-order chi connectivity index (χ0) is 26.9. The molecule has 6 heterocycles. The van der Waals surface area contributed by atoms with Crippen molar-refractivity contribution in [2.45, 2.75) is 44.6 Å². The summed E-state index contributed by atoms with van der Waals surface area (Å²) in [5.41, 5.74) is 1.86. The summed E-state index contributed by atoms with van der Waals surface area (Å²) in [6.45, 7) is 2.22. The molecule has 0 amide bonds. The molecule has 2 atom stereocenters. The molecule has 204 valence electrons. The standard InChI is InChI=1S/C28H27N7O5/c36-28-22(10-19-11-24-25(40-17-39-24)12-23(19)30-28)26(27-31-32-33-35(27)16-21-6-3-9-38-21)34(15-20-5-2-8-37-20)14-18-4-1-7-29-13-18/h1-2,4-5,7-8,10-13,21,26H,3,6,9,14-17H2,(H,30,36)/t21-,26-/m1/s1. The van der Waals surface area contributed by atoms with Gasteiger partial charge in [-0.2, -0.15) is 0 Å². The molecule has 1 N–H and O–H groups in total. The van der Waals surface area contributed by atoms with Crippen LogP contribution in [-0.2, 0) is 24.4 Å². The third-order valence-electron chi connectivity index (χ3n) is 7.28. The van der Waals surface area contributed by atoms with E-state index in [1.54, 1.807) is 23.2 Å². The predicted octanol–water partition coefficient (Wildman–Crippen LogP) is 3.20. The molecule has 12 heteroatoms. The molecule has 2 aliphatic heterocycles. The number of rotatable bonds is 9. The van der Waals surface area contributed by atoms with Crippen molar-refractivity contribution >= 4 is 10.9 Å². The quantitative estimate of drug-likeness (QED) is 0.297. The zero-order valence-corrected chi connectivity index (χ0v) is 21.6. The molecule has 2 aliphatic rings. The number of hydrogen-bond donors (Lipinski definition) is 1. The Bertz CT molecular complexity index is 1660. The summed E-state index contributed by atoms with van der Waals surface area (Å²) < 4.78 is 24.5. The van der Waals surface area contributed by atoms with Crippen molar-refractivity contribution < 1.29 is 18.6 Å². The van der Waals surface area contributed by atoms with Crippen molar-refractivity contribution in [1.29, 1.82) is 0 Å². The molecule has 0 bridgehead atoms. The number of H-pyrrole nitrogens is 1. The van der Waals surface area contributed by atoms with Crippen molar-refractivity contribution in [2.24, 2.45) is 0 Å². The average molecular weight is 542 g/mol. The average Bonchev–Trinajstić information content (AvgIpc) is 3.78. The molecule has 0 saturated carbocycles. The minimum atomic E-state index is -0.625. The van der Waals surface area contributed by atoms with Crippen LogP contribution in [0.2, 0.25) is 0 Å². The molecular formula is C28H27N7O5. The van der Waals surface area contributed by atoms with Gasteiger partial charge in [-0.15, -0.1) is 5.10 Å². The van der Waals surface area contributed by atoms with Gasteiger partial charge in [-0.05, 0) is 59.2 Å². The molecule has 5 aromatic rings. The van der Waals surface area contributed by atoms with Gasteiger partial charge in [0.15, 0.2) is 17.3 Å². The highest BCUT2D eigenvalue weighted by Crippen LogP contribution is 2.37. The SMILES string of the molecule is O=c1[nH]c2cc3c(cc2cc1[C@H](c1nnnn1C[C@H]1CCCO1)N(Cc1cccnc1)Cc1ccco1)OCO3. The number of nitrogens with one attached hydrogen (secondary N) is 1. The largest absolute Gasteiger partial charge is 0.468 e. The summed E-state index contributed by atoms with van der Waals surface area (Å²) in [5, 5.41) is 13.6. The van der Waals surface area contributed by atoms with E-state index in [9.17, 15) is 4.79 Å². The molecule has 0 aliphatic carbocycles. The Hall–Kier alpha value is -4.55. The van der Waals surface area contributed by atoms with Gasteiger partial charge in [-0.3, -0.25) is 14.7 Å². The lowest BCUT2D eigenvalue weighted by atomic mass is 10.0. The van der Waals surface area contributed by atoms with Crippen molar-refractivity contribution in [3.63, 3.8) is 0 Å². The molecule has 0 spiro atoms. The Morgan fingerprint density at radius 2 is 2.05 bits per heavy atom. The van der Waals surface area contributed by atoms with Crippen LogP contribution in [0.5, 0.6) is 11.5 Å². The summed E-state index contributed by atoms with van der Waals surface area (Å²) in [6.07, 6.45) is 7.12. The van der Waals surface area contributed by atoms with Gasteiger partial charge < -0.3 is 23.6 Å². The van der Waals surface area contributed by atoms with Gasteiger partial charge in [0.05, 0.1) is 31.0 Å². The Morgan fingerprint density at radius 3 is 2.85 bits per heavy atom. The van der Waals surface area contributed by atoms with Crippen LogP contribution in [-0.4, -0.2) is 54.6 Å². The van der Waals surface area contributed by atoms with E-state index in [1.807, 2.05) is 42.6 Å². The van der Waals surface area contributed by atoms with Crippen LogP contribution in [0.15, 0.2) is 70.3 Å². The van der Waals surface area contributed by atoms with Crippen LogP contribution in [0, 0.1) is 0 Å². The van der Waals surface area contributed by atoms with Gasteiger partial charge in [-0.1, -0.05) is 6.07 Å². The first-order chi connectivity index (χ1) is 19.7. The number of fused-ring (bicyclic) bond motifs is 2. The van der Waals surface area contributed by atoms with E-state index in [2.05, 4.69) is 30.4 Å². The molecular weight excluding hydrogens is 514 g/mol. The van der Waals surface area contributed by atoms with Gasteiger partial charge in [0.1, 0.15) is 11.8 Å². The number of ether oxygens (including phenoxy) is 3. The van der Waals surface area contributed by atoms with Crippen molar-refractivity contribution in [1.82, 2.24) is 35.1 Å². The minimum absolute atomic E-state index is 0.00868. The van der Waals surface area contributed by atoms with E-state index >= 15 is 0 Å².